The number of hydrogen-bond acceptors (Lipinski definition) is 4. The van der Waals surface area contributed by atoms with Crippen LogP contribution in [0.1, 0.15) is 12.8 Å². The minimum atomic E-state index is 0.993. The number of thioether (sulfide) groups is 2. The van der Waals surface area contributed by atoms with Crippen molar-refractivity contribution in [3.05, 3.63) is 0 Å². The minimum absolute atomic E-state index is 0.993. The monoisotopic (exact) mass is 178 g/mol. The molecule has 1 aliphatic rings. The predicted molar refractivity (Wildman–Crippen MR) is 49.9 cm³/mol. The van der Waals surface area contributed by atoms with Gasteiger partial charge in [-0.2, -0.15) is 0 Å². The molecule has 1 aliphatic heterocycles. The summed E-state index contributed by atoms with van der Waals surface area (Å²) in [5.74, 6) is 10.2. The average Bonchev–Trinajstić information content (AvgIpc) is 2.02. The van der Waals surface area contributed by atoms with Crippen LogP contribution in [0.3, 0.4) is 0 Å². The molecule has 1 rings (SSSR count). The fourth-order valence-corrected chi connectivity index (χ4v) is 2.65. The van der Waals surface area contributed by atoms with Crippen LogP contribution in [0, 0.1) is 0 Å². The molecular weight excluding hydrogens is 164 g/mol. The van der Waals surface area contributed by atoms with E-state index in [9.17, 15) is 0 Å². The smallest absolute Gasteiger partial charge is 0.0594 e. The largest absolute Gasteiger partial charge is 0.267 e. The van der Waals surface area contributed by atoms with Gasteiger partial charge >= 0.3 is 0 Å². The minimum Gasteiger partial charge on any atom is -0.267 e. The summed E-state index contributed by atoms with van der Waals surface area (Å²) in [4.78, 5) is 0. The number of nitrogens with zero attached hydrogens (tertiary/aromatic N) is 1. The Kier molecular flexibility index (Phi) is 4.61. The molecule has 0 aliphatic carbocycles. The maximum Gasteiger partial charge on any atom is 0.0594 e. The van der Waals surface area contributed by atoms with Crippen LogP contribution in [-0.4, -0.2) is 28.3 Å². The molecular formula is C6H14N2S2. The molecule has 60 valence electrons. The van der Waals surface area contributed by atoms with Gasteiger partial charge < -0.3 is 0 Å². The summed E-state index contributed by atoms with van der Waals surface area (Å²) in [6.45, 7) is 0. The molecule has 0 saturated carbocycles. The molecule has 2 nitrogen and oxygen atoms in total. The molecule has 1 saturated heterocycles. The zero-order valence-corrected chi connectivity index (χ0v) is 7.72. The third kappa shape index (κ3) is 3.71. The first-order chi connectivity index (χ1) is 4.89. The first kappa shape index (κ1) is 8.71. The van der Waals surface area contributed by atoms with Gasteiger partial charge in [0.2, 0.25) is 0 Å². The molecule has 0 radical (unpaired) electrons. The van der Waals surface area contributed by atoms with Gasteiger partial charge in [-0.25, -0.2) is 5.01 Å². The van der Waals surface area contributed by atoms with E-state index in [1.807, 2.05) is 28.5 Å². The van der Waals surface area contributed by atoms with Crippen molar-refractivity contribution in [2.75, 3.05) is 23.3 Å². The van der Waals surface area contributed by atoms with Gasteiger partial charge in [0.15, 0.2) is 0 Å². The van der Waals surface area contributed by atoms with Gasteiger partial charge in [0.1, 0.15) is 0 Å². The van der Waals surface area contributed by atoms with Crippen molar-refractivity contribution in [1.82, 2.24) is 5.01 Å². The molecule has 0 bridgehead atoms. The van der Waals surface area contributed by atoms with Crippen molar-refractivity contribution in [1.29, 1.82) is 0 Å². The molecule has 4 heteroatoms. The molecule has 0 aromatic heterocycles. The second kappa shape index (κ2) is 5.29. The molecule has 10 heavy (non-hydrogen) atoms. The van der Waals surface area contributed by atoms with Crippen molar-refractivity contribution in [2.45, 2.75) is 12.8 Å². The molecule has 2 N–H and O–H groups in total. The second-order valence-corrected chi connectivity index (χ2v) is 4.52. The van der Waals surface area contributed by atoms with Crippen LogP contribution in [0.4, 0.5) is 0 Å². The van der Waals surface area contributed by atoms with E-state index in [1.165, 1.54) is 24.3 Å². The lowest BCUT2D eigenvalue weighted by molar-refractivity contribution is 0.398. The van der Waals surface area contributed by atoms with Gasteiger partial charge in [0.05, 0.1) is 11.8 Å². The Balaban J connectivity index is 2.15. The van der Waals surface area contributed by atoms with E-state index in [1.54, 1.807) is 0 Å². The third-order valence-corrected chi connectivity index (χ3v) is 3.52. The summed E-state index contributed by atoms with van der Waals surface area (Å²) in [6.07, 6.45) is 2.71. The summed E-state index contributed by atoms with van der Waals surface area (Å²) in [6, 6.07) is 0. The zero-order chi connectivity index (χ0) is 7.23. The summed E-state index contributed by atoms with van der Waals surface area (Å²) >= 11 is 3.88. The first-order valence-corrected chi connectivity index (χ1v) is 5.85. The lowest BCUT2D eigenvalue weighted by Crippen LogP contribution is -2.30. The normalized spacial score (nSPS) is 24.9. The highest BCUT2D eigenvalue weighted by Gasteiger charge is 2.01. The van der Waals surface area contributed by atoms with Crippen LogP contribution in [-0.2, 0) is 0 Å². The summed E-state index contributed by atoms with van der Waals surface area (Å²) < 4.78 is 0. The van der Waals surface area contributed by atoms with Gasteiger partial charge in [-0.1, -0.05) is 0 Å². The highest BCUT2D eigenvalue weighted by molar-refractivity contribution is 8.00. The standard InChI is InChI=1S/C6H14N2S2/c7-8-5-9-3-1-2-4-10-6-8/h1-7H2. The molecule has 1 heterocycles. The lowest BCUT2D eigenvalue weighted by Gasteiger charge is -2.12. The maximum absolute atomic E-state index is 5.67. The van der Waals surface area contributed by atoms with Gasteiger partial charge in [0.25, 0.3) is 0 Å². The van der Waals surface area contributed by atoms with Crippen LogP contribution in [0.15, 0.2) is 0 Å². The Morgan fingerprint density at radius 2 is 1.50 bits per heavy atom. The Morgan fingerprint density at radius 1 is 1.00 bits per heavy atom. The number of hydrazine groups is 1. The molecule has 1 fully saturated rings. The van der Waals surface area contributed by atoms with Gasteiger partial charge in [-0.05, 0) is 24.3 Å². The molecule has 0 atom stereocenters. The summed E-state index contributed by atoms with van der Waals surface area (Å²) in [7, 11) is 0. The summed E-state index contributed by atoms with van der Waals surface area (Å²) in [5.41, 5.74) is 0. The molecule has 0 amide bonds. The van der Waals surface area contributed by atoms with E-state index in [2.05, 4.69) is 0 Å². The highest BCUT2D eigenvalue weighted by atomic mass is 32.2. The van der Waals surface area contributed by atoms with Crippen LogP contribution in [0.5, 0.6) is 0 Å². The van der Waals surface area contributed by atoms with E-state index in [-0.39, 0.29) is 0 Å². The predicted octanol–water partition coefficient (Wildman–Crippen LogP) is 1.34. The van der Waals surface area contributed by atoms with Crippen molar-refractivity contribution in [2.24, 2.45) is 5.84 Å². The van der Waals surface area contributed by atoms with Crippen molar-refractivity contribution in [3.8, 4) is 0 Å². The van der Waals surface area contributed by atoms with Crippen LogP contribution >= 0.6 is 23.5 Å². The van der Waals surface area contributed by atoms with Crippen LogP contribution < -0.4 is 5.84 Å². The molecule has 0 spiro atoms. The highest BCUT2D eigenvalue weighted by Crippen LogP contribution is 2.13. The average molecular weight is 178 g/mol. The fourth-order valence-electron chi connectivity index (χ4n) is 0.809. The molecule has 0 aromatic rings. The first-order valence-electron chi connectivity index (χ1n) is 3.55. The van der Waals surface area contributed by atoms with Gasteiger partial charge in [-0.15, -0.1) is 23.5 Å². The Labute approximate surface area is 70.9 Å². The Bertz CT molecular complexity index is 79.8. The second-order valence-electron chi connectivity index (χ2n) is 2.37. The van der Waals surface area contributed by atoms with Crippen LogP contribution in [0.2, 0.25) is 0 Å². The topological polar surface area (TPSA) is 29.3 Å². The van der Waals surface area contributed by atoms with E-state index in [0.717, 1.165) is 11.8 Å². The quantitative estimate of drug-likeness (QED) is 0.567. The summed E-state index contributed by atoms with van der Waals surface area (Å²) in [5, 5.41) is 1.89. The Hall–Kier alpha value is 0.620. The van der Waals surface area contributed by atoms with E-state index in [0.29, 0.717) is 0 Å². The molecule has 0 unspecified atom stereocenters. The van der Waals surface area contributed by atoms with Gasteiger partial charge in [0, 0.05) is 0 Å². The SMILES string of the molecule is NN1CSCCCCSC1. The maximum atomic E-state index is 5.67. The van der Waals surface area contributed by atoms with Gasteiger partial charge in [-0.3, -0.25) is 5.84 Å². The Morgan fingerprint density at radius 3 is 2.00 bits per heavy atom. The number of hydrogen-bond donors (Lipinski definition) is 1. The fraction of sp³-hybridized carbons (Fsp3) is 1.00. The van der Waals surface area contributed by atoms with Crippen molar-refractivity contribution >= 4 is 23.5 Å². The van der Waals surface area contributed by atoms with Crippen molar-refractivity contribution in [3.63, 3.8) is 0 Å². The third-order valence-electron chi connectivity index (χ3n) is 1.34. The van der Waals surface area contributed by atoms with Crippen molar-refractivity contribution < 1.29 is 0 Å². The lowest BCUT2D eigenvalue weighted by atomic mass is 10.4. The van der Waals surface area contributed by atoms with E-state index >= 15 is 0 Å². The molecule has 0 aromatic carbocycles. The van der Waals surface area contributed by atoms with Crippen LogP contribution in [0.25, 0.3) is 0 Å². The zero-order valence-electron chi connectivity index (χ0n) is 6.08. The number of rotatable bonds is 0. The van der Waals surface area contributed by atoms with E-state index < -0.39 is 0 Å². The number of nitrogens with two attached hydrogens (primary N) is 1. The van der Waals surface area contributed by atoms with E-state index in [4.69, 9.17) is 5.84 Å².